The minimum atomic E-state index is -0.793. The maximum atomic E-state index is 13.0. The summed E-state index contributed by atoms with van der Waals surface area (Å²) in [5, 5.41) is 3.28. The van der Waals surface area contributed by atoms with Gasteiger partial charge in [-0.3, -0.25) is 0 Å². The van der Waals surface area contributed by atoms with Crippen molar-refractivity contribution in [3.63, 3.8) is 0 Å². The van der Waals surface area contributed by atoms with Gasteiger partial charge in [0.25, 0.3) is 0 Å². The summed E-state index contributed by atoms with van der Waals surface area (Å²) in [6.07, 6.45) is 3.15. The van der Waals surface area contributed by atoms with Gasteiger partial charge in [0.1, 0.15) is 0 Å². The molecule has 0 aliphatic rings. The van der Waals surface area contributed by atoms with Crippen molar-refractivity contribution < 1.29 is 8.78 Å². The molecule has 0 aliphatic carbocycles. The van der Waals surface area contributed by atoms with Crippen molar-refractivity contribution in [1.29, 1.82) is 0 Å². The molecule has 0 fully saturated rings. The molecular formula is C12H17F2NS. The molecule has 0 spiro atoms. The van der Waals surface area contributed by atoms with Crippen molar-refractivity contribution in [2.24, 2.45) is 0 Å². The van der Waals surface area contributed by atoms with Crippen molar-refractivity contribution in [1.82, 2.24) is 5.32 Å². The second kappa shape index (κ2) is 6.86. The number of hydrogen-bond acceptors (Lipinski definition) is 2. The largest absolute Gasteiger partial charge is 0.310 e. The zero-order valence-electron chi connectivity index (χ0n) is 9.59. The number of benzene rings is 1. The van der Waals surface area contributed by atoms with Crippen LogP contribution in [0.3, 0.4) is 0 Å². The van der Waals surface area contributed by atoms with Gasteiger partial charge in [0, 0.05) is 6.04 Å². The average Bonchev–Trinajstić information content (AvgIpc) is 2.28. The maximum absolute atomic E-state index is 13.0. The molecule has 1 rings (SSSR count). The van der Waals surface area contributed by atoms with Gasteiger partial charge in [0.2, 0.25) is 0 Å². The number of thioether (sulfide) groups is 1. The van der Waals surface area contributed by atoms with Crippen LogP contribution in [0, 0.1) is 11.6 Å². The fourth-order valence-electron chi connectivity index (χ4n) is 1.43. The van der Waals surface area contributed by atoms with E-state index in [9.17, 15) is 8.78 Å². The van der Waals surface area contributed by atoms with Gasteiger partial charge < -0.3 is 5.32 Å². The quantitative estimate of drug-likeness (QED) is 0.771. The van der Waals surface area contributed by atoms with Crippen LogP contribution in [0.5, 0.6) is 0 Å². The van der Waals surface area contributed by atoms with Crippen LogP contribution in [-0.4, -0.2) is 18.6 Å². The van der Waals surface area contributed by atoms with Crippen LogP contribution in [-0.2, 0) is 0 Å². The topological polar surface area (TPSA) is 12.0 Å². The normalized spacial score (nSPS) is 12.8. The van der Waals surface area contributed by atoms with Gasteiger partial charge in [0.15, 0.2) is 11.6 Å². The number of hydrogen-bond donors (Lipinski definition) is 1. The van der Waals surface area contributed by atoms with Crippen molar-refractivity contribution in [2.45, 2.75) is 19.4 Å². The fraction of sp³-hybridized carbons (Fsp3) is 0.500. The predicted molar refractivity (Wildman–Crippen MR) is 65.8 cm³/mol. The second-order valence-electron chi connectivity index (χ2n) is 3.70. The standard InChI is InChI=1S/C12H17F2NS/c1-9(15-6-3-7-16-2)10-4-5-11(13)12(14)8-10/h4-5,8-9,15H,3,6-7H2,1-2H3. The highest BCUT2D eigenvalue weighted by molar-refractivity contribution is 7.98. The Morgan fingerprint density at radius 1 is 1.31 bits per heavy atom. The van der Waals surface area contributed by atoms with Crippen LogP contribution >= 0.6 is 11.8 Å². The van der Waals surface area contributed by atoms with Crippen LogP contribution in [0.15, 0.2) is 18.2 Å². The van der Waals surface area contributed by atoms with E-state index in [0.29, 0.717) is 0 Å². The monoisotopic (exact) mass is 245 g/mol. The lowest BCUT2D eigenvalue weighted by molar-refractivity contribution is 0.501. The molecule has 90 valence electrons. The number of nitrogens with one attached hydrogen (secondary N) is 1. The summed E-state index contributed by atoms with van der Waals surface area (Å²) >= 11 is 1.80. The van der Waals surface area contributed by atoms with E-state index in [2.05, 4.69) is 11.6 Å². The van der Waals surface area contributed by atoms with E-state index in [4.69, 9.17) is 0 Å². The Balaban J connectivity index is 2.46. The first-order valence-corrected chi connectivity index (χ1v) is 6.72. The first kappa shape index (κ1) is 13.5. The van der Waals surface area contributed by atoms with E-state index in [1.807, 2.05) is 6.92 Å². The Labute approximate surface area is 99.6 Å². The lowest BCUT2D eigenvalue weighted by atomic mass is 10.1. The number of rotatable bonds is 6. The summed E-state index contributed by atoms with van der Waals surface area (Å²) in [5.74, 6) is -0.467. The molecule has 0 aliphatic heterocycles. The maximum Gasteiger partial charge on any atom is 0.159 e. The van der Waals surface area contributed by atoms with Gasteiger partial charge in [0.05, 0.1) is 0 Å². The zero-order chi connectivity index (χ0) is 12.0. The van der Waals surface area contributed by atoms with Crippen molar-refractivity contribution in [2.75, 3.05) is 18.6 Å². The van der Waals surface area contributed by atoms with Crippen LogP contribution in [0.4, 0.5) is 8.78 Å². The third-order valence-electron chi connectivity index (χ3n) is 2.42. The van der Waals surface area contributed by atoms with Crippen LogP contribution in [0.1, 0.15) is 24.9 Å². The highest BCUT2D eigenvalue weighted by Crippen LogP contribution is 2.15. The smallest absolute Gasteiger partial charge is 0.159 e. The van der Waals surface area contributed by atoms with Gasteiger partial charge in [-0.1, -0.05) is 6.07 Å². The van der Waals surface area contributed by atoms with Gasteiger partial charge >= 0.3 is 0 Å². The van der Waals surface area contributed by atoms with Crippen molar-refractivity contribution in [3.05, 3.63) is 35.4 Å². The Kier molecular flexibility index (Phi) is 5.77. The molecule has 16 heavy (non-hydrogen) atoms. The SMILES string of the molecule is CSCCCNC(C)c1ccc(F)c(F)c1. The van der Waals surface area contributed by atoms with E-state index in [1.54, 1.807) is 17.8 Å². The van der Waals surface area contributed by atoms with Crippen LogP contribution in [0.25, 0.3) is 0 Å². The fourth-order valence-corrected chi connectivity index (χ4v) is 1.87. The molecule has 0 saturated carbocycles. The van der Waals surface area contributed by atoms with Crippen LogP contribution < -0.4 is 5.32 Å². The minimum absolute atomic E-state index is 0.0527. The Bertz CT molecular complexity index is 331. The zero-order valence-corrected chi connectivity index (χ0v) is 10.4. The molecule has 0 amide bonds. The molecule has 0 bridgehead atoms. The first-order valence-electron chi connectivity index (χ1n) is 5.32. The second-order valence-corrected chi connectivity index (χ2v) is 4.68. The molecule has 0 heterocycles. The molecule has 4 heteroatoms. The van der Waals surface area contributed by atoms with E-state index in [0.717, 1.165) is 24.3 Å². The summed E-state index contributed by atoms with van der Waals surface area (Å²) in [4.78, 5) is 0. The third-order valence-corrected chi connectivity index (χ3v) is 3.12. The first-order chi connectivity index (χ1) is 7.65. The van der Waals surface area contributed by atoms with Gasteiger partial charge in [-0.2, -0.15) is 11.8 Å². The highest BCUT2D eigenvalue weighted by atomic mass is 32.2. The summed E-state index contributed by atoms with van der Waals surface area (Å²) < 4.78 is 25.7. The van der Waals surface area contributed by atoms with Crippen molar-refractivity contribution >= 4 is 11.8 Å². The van der Waals surface area contributed by atoms with Gasteiger partial charge in [-0.15, -0.1) is 0 Å². The van der Waals surface area contributed by atoms with E-state index < -0.39 is 11.6 Å². The molecule has 1 aromatic carbocycles. The Morgan fingerprint density at radius 2 is 2.06 bits per heavy atom. The van der Waals surface area contributed by atoms with Gasteiger partial charge in [-0.05, 0) is 49.6 Å². The molecule has 1 nitrogen and oxygen atoms in total. The predicted octanol–water partition coefficient (Wildman–Crippen LogP) is 3.37. The van der Waals surface area contributed by atoms with E-state index >= 15 is 0 Å². The minimum Gasteiger partial charge on any atom is -0.310 e. The third kappa shape index (κ3) is 4.10. The summed E-state index contributed by atoms with van der Waals surface area (Å²) in [7, 11) is 0. The van der Waals surface area contributed by atoms with E-state index in [-0.39, 0.29) is 6.04 Å². The molecule has 1 unspecified atom stereocenters. The molecule has 1 aromatic rings. The number of halogens is 2. The Morgan fingerprint density at radius 3 is 2.69 bits per heavy atom. The highest BCUT2D eigenvalue weighted by Gasteiger charge is 2.08. The average molecular weight is 245 g/mol. The van der Waals surface area contributed by atoms with Gasteiger partial charge in [-0.25, -0.2) is 8.78 Å². The summed E-state index contributed by atoms with van der Waals surface area (Å²) in [5.41, 5.74) is 0.781. The molecule has 1 atom stereocenters. The lowest BCUT2D eigenvalue weighted by Gasteiger charge is -2.14. The molecule has 1 N–H and O–H groups in total. The lowest BCUT2D eigenvalue weighted by Crippen LogP contribution is -2.20. The summed E-state index contributed by atoms with van der Waals surface area (Å²) in [6.45, 7) is 2.84. The summed E-state index contributed by atoms with van der Waals surface area (Å²) in [6, 6.07) is 4.09. The Hall–Kier alpha value is -0.610. The molecular weight excluding hydrogens is 228 g/mol. The van der Waals surface area contributed by atoms with Crippen LogP contribution in [0.2, 0.25) is 0 Å². The molecule has 0 radical (unpaired) electrons. The molecule has 0 aromatic heterocycles. The van der Waals surface area contributed by atoms with Crippen molar-refractivity contribution in [3.8, 4) is 0 Å². The molecule has 0 saturated heterocycles. The van der Waals surface area contributed by atoms with E-state index in [1.165, 1.54) is 12.1 Å².